The average Bonchev–Trinajstić information content (AvgIpc) is 2.84. The average molecular weight is 481 g/mol. The monoisotopic (exact) mass is 480 g/mol. The molecule has 8 nitrogen and oxygen atoms in total. The molecule has 3 rings (SSSR count). The van der Waals surface area contributed by atoms with E-state index < -0.39 is 0 Å². The maximum Gasteiger partial charge on any atom is 0.132 e. The Bertz CT molecular complexity index is 1050. The molecule has 0 bridgehead atoms. The number of anilines is 1. The summed E-state index contributed by atoms with van der Waals surface area (Å²) in [6.45, 7) is 8.46. The predicted octanol–water partition coefficient (Wildman–Crippen LogP) is 3.36. The van der Waals surface area contributed by atoms with Gasteiger partial charge in [0.2, 0.25) is 0 Å². The van der Waals surface area contributed by atoms with Crippen molar-refractivity contribution in [2.75, 3.05) is 43.0 Å². The van der Waals surface area contributed by atoms with Crippen molar-refractivity contribution >= 4 is 40.4 Å². The van der Waals surface area contributed by atoms with Gasteiger partial charge < -0.3 is 32.4 Å². The number of nitrogens with zero attached hydrogens (tertiary/aromatic N) is 3. The Kier molecular flexibility index (Phi) is 9.78. The van der Waals surface area contributed by atoms with E-state index in [1.165, 1.54) is 30.8 Å². The lowest BCUT2D eigenvalue weighted by molar-refractivity contribution is 0.298. The van der Waals surface area contributed by atoms with Crippen LogP contribution in [0.15, 0.2) is 54.3 Å². The second-order valence-electron chi connectivity index (χ2n) is 8.51. The van der Waals surface area contributed by atoms with Crippen LogP contribution >= 0.6 is 11.8 Å². The van der Waals surface area contributed by atoms with Crippen molar-refractivity contribution in [3.8, 4) is 0 Å². The van der Waals surface area contributed by atoms with E-state index in [0.717, 1.165) is 47.3 Å². The first kappa shape index (κ1) is 25.6. The van der Waals surface area contributed by atoms with E-state index >= 15 is 0 Å². The van der Waals surface area contributed by atoms with Crippen molar-refractivity contribution in [1.29, 1.82) is 5.41 Å². The van der Waals surface area contributed by atoms with Gasteiger partial charge in [0.25, 0.3) is 0 Å². The number of nitrogens with one attached hydrogen (secondary N) is 3. The highest BCUT2D eigenvalue weighted by Crippen LogP contribution is 2.19. The maximum atomic E-state index is 7.85. The summed E-state index contributed by atoms with van der Waals surface area (Å²) in [5, 5.41) is 14.3. The number of pyridine rings is 2. The second kappa shape index (κ2) is 13.0. The summed E-state index contributed by atoms with van der Waals surface area (Å²) < 4.78 is 0. The summed E-state index contributed by atoms with van der Waals surface area (Å²) in [6.07, 6.45) is 9.46. The maximum absolute atomic E-state index is 7.85. The van der Waals surface area contributed by atoms with Crippen LogP contribution in [0.1, 0.15) is 25.8 Å². The van der Waals surface area contributed by atoms with Crippen LogP contribution in [0.5, 0.6) is 0 Å². The highest BCUT2D eigenvalue weighted by molar-refractivity contribution is 7.99. The van der Waals surface area contributed by atoms with Crippen molar-refractivity contribution in [2.45, 2.75) is 20.3 Å². The van der Waals surface area contributed by atoms with E-state index in [-0.39, 0.29) is 5.92 Å². The molecule has 0 aliphatic carbocycles. The van der Waals surface area contributed by atoms with E-state index in [2.05, 4.69) is 39.3 Å². The molecule has 1 aliphatic heterocycles. The lowest BCUT2D eigenvalue weighted by Gasteiger charge is -2.25. The molecule has 3 heterocycles. The summed E-state index contributed by atoms with van der Waals surface area (Å²) in [5.74, 6) is 3.82. The Labute approximate surface area is 206 Å². The molecular weight excluding hydrogens is 444 g/mol. The van der Waals surface area contributed by atoms with Crippen molar-refractivity contribution in [2.24, 2.45) is 17.4 Å². The summed E-state index contributed by atoms with van der Waals surface area (Å²) in [4.78, 5) is 11.7. The van der Waals surface area contributed by atoms with Gasteiger partial charge in [-0.2, -0.15) is 11.8 Å². The highest BCUT2D eigenvalue weighted by atomic mass is 32.2. The van der Waals surface area contributed by atoms with E-state index in [0.29, 0.717) is 11.6 Å². The third kappa shape index (κ3) is 7.50. The fraction of sp³-hybridized carbons (Fsp3) is 0.400. The molecule has 1 fully saturated rings. The molecule has 0 unspecified atom stereocenters. The van der Waals surface area contributed by atoms with Crippen molar-refractivity contribution < 1.29 is 0 Å². The first-order chi connectivity index (χ1) is 16.5. The van der Waals surface area contributed by atoms with Crippen LogP contribution in [0.4, 0.5) is 5.82 Å². The third-order valence-electron chi connectivity index (χ3n) is 5.64. The van der Waals surface area contributed by atoms with E-state index in [1.807, 2.05) is 42.2 Å². The van der Waals surface area contributed by atoms with E-state index in [4.69, 9.17) is 16.9 Å². The fourth-order valence-electron chi connectivity index (χ4n) is 3.62. The molecule has 0 spiro atoms. The number of fused-ring (bicyclic) bond motifs is 1. The first-order valence-electron chi connectivity index (χ1n) is 11.7. The second-order valence-corrected chi connectivity index (χ2v) is 9.74. The molecule has 2 aromatic rings. The zero-order valence-electron chi connectivity index (χ0n) is 20.1. The van der Waals surface area contributed by atoms with Gasteiger partial charge >= 0.3 is 0 Å². The Morgan fingerprint density at radius 2 is 2.06 bits per heavy atom. The lowest BCUT2D eigenvalue weighted by atomic mass is 10.0. The minimum Gasteiger partial charge on any atom is -0.404 e. The Morgan fingerprint density at radius 1 is 1.26 bits per heavy atom. The number of rotatable bonds is 11. The minimum absolute atomic E-state index is 0.269. The molecule has 0 radical (unpaired) electrons. The number of hydrogen-bond donors (Lipinski definition) is 5. The van der Waals surface area contributed by atoms with Crippen LogP contribution in [-0.2, 0) is 0 Å². The SMILES string of the molecule is CC(C)C(=C/N)/C=C(\N)Nc1ccc2ncc(/C(C=N)=C/NCCCN3CCSCC3)cc2n1. The molecule has 1 saturated heterocycles. The van der Waals surface area contributed by atoms with Gasteiger partial charge in [0, 0.05) is 60.9 Å². The van der Waals surface area contributed by atoms with Gasteiger partial charge in [0.15, 0.2) is 0 Å². The first-order valence-corrected chi connectivity index (χ1v) is 12.8. The molecular formula is C25H36N8S. The van der Waals surface area contributed by atoms with Crippen molar-refractivity contribution in [3.63, 3.8) is 0 Å². The van der Waals surface area contributed by atoms with Gasteiger partial charge in [-0.1, -0.05) is 13.8 Å². The molecule has 34 heavy (non-hydrogen) atoms. The quantitative estimate of drug-likeness (QED) is 0.188. The van der Waals surface area contributed by atoms with Crippen molar-refractivity contribution in [3.05, 3.63) is 59.8 Å². The Hall–Kier alpha value is -3.04. The number of thioether (sulfide) groups is 1. The molecule has 7 N–H and O–H groups in total. The normalized spacial score (nSPS) is 16.1. The standard InChI is InChI=1S/C25H36N8S/c1-18(2)19(14-26)13-24(28)32-25-5-4-22-23(31-25)12-20(17-30-22)21(15-27)16-29-6-3-7-33-8-10-34-11-9-33/h4-5,12-18,27,29H,3,6-11,26,28H2,1-2H3,(H,31,32)/b19-14+,21-16+,24-13+,27-15?. The Balaban J connectivity index is 1.65. The largest absolute Gasteiger partial charge is 0.404 e. The molecule has 0 aromatic carbocycles. The van der Waals surface area contributed by atoms with Crippen LogP contribution in [0.2, 0.25) is 0 Å². The van der Waals surface area contributed by atoms with Gasteiger partial charge in [-0.25, -0.2) is 4.98 Å². The van der Waals surface area contributed by atoms with Gasteiger partial charge in [0.1, 0.15) is 11.6 Å². The Morgan fingerprint density at radius 3 is 2.76 bits per heavy atom. The summed E-state index contributed by atoms with van der Waals surface area (Å²) in [7, 11) is 0. The number of hydrogen-bond acceptors (Lipinski definition) is 9. The highest BCUT2D eigenvalue weighted by Gasteiger charge is 2.09. The lowest BCUT2D eigenvalue weighted by Crippen LogP contribution is -2.34. The topological polar surface area (TPSA) is 129 Å². The molecule has 0 amide bonds. The van der Waals surface area contributed by atoms with E-state index in [1.54, 1.807) is 12.4 Å². The summed E-state index contributed by atoms with van der Waals surface area (Å²) in [6, 6.07) is 5.68. The predicted molar refractivity (Wildman–Crippen MR) is 146 cm³/mol. The van der Waals surface area contributed by atoms with Crippen LogP contribution in [0.25, 0.3) is 16.6 Å². The third-order valence-corrected chi connectivity index (χ3v) is 6.58. The molecule has 2 aromatic heterocycles. The fourth-order valence-corrected chi connectivity index (χ4v) is 4.60. The summed E-state index contributed by atoms with van der Waals surface area (Å²) in [5.41, 5.74) is 15.9. The van der Waals surface area contributed by atoms with Gasteiger partial charge in [-0.15, -0.1) is 0 Å². The van der Waals surface area contributed by atoms with Gasteiger partial charge in [-0.3, -0.25) is 4.98 Å². The van der Waals surface area contributed by atoms with Crippen LogP contribution in [0, 0.1) is 11.3 Å². The smallest absolute Gasteiger partial charge is 0.132 e. The number of aromatic nitrogens is 2. The molecule has 0 atom stereocenters. The molecule has 1 aliphatic rings. The molecule has 9 heteroatoms. The van der Waals surface area contributed by atoms with Gasteiger partial charge in [0.05, 0.1) is 11.0 Å². The van der Waals surface area contributed by atoms with Crippen LogP contribution in [-0.4, -0.2) is 58.8 Å². The van der Waals surface area contributed by atoms with Crippen molar-refractivity contribution in [1.82, 2.24) is 20.2 Å². The summed E-state index contributed by atoms with van der Waals surface area (Å²) >= 11 is 2.03. The van der Waals surface area contributed by atoms with E-state index in [9.17, 15) is 0 Å². The van der Waals surface area contributed by atoms with Crippen LogP contribution < -0.4 is 22.1 Å². The van der Waals surface area contributed by atoms with Gasteiger partial charge in [-0.05, 0) is 54.9 Å². The minimum atomic E-state index is 0.269. The molecule has 182 valence electrons. The number of allylic oxidation sites excluding steroid dienone is 3. The zero-order valence-corrected chi connectivity index (χ0v) is 20.9. The number of nitrogens with two attached hydrogens (primary N) is 2. The zero-order chi connectivity index (χ0) is 24.3. The van der Waals surface area contributed by atoms with Crippen LogP contribution in [0.3, 0.4) is 0 Å². The molecule has 0 saturated carbocycles.